The smallest absolute Gasteiger partial charge is 0.224 e. The van der Waals surface area contributed by atoms with Crippen molar-refractivity contribution >= 4 is 28.4 Å². The minimum Gasteiger partial charge on any atom is -0.358 e. The highest BCUT2D eigenvalue weighted by Crippen LogP contribution is 2.25. The zero-order valence-corrected chi connectivity index (χ0v) is 12.1. The van der Waals surface area contributed by atoms with Crippen LogP contribution in [0.15, 0.2) is 18.2 Å². The molecule has 0 fully saturated rings. The van der Waals surface area contributed by atoms with Gasteiger partial charge in [0.15, 0.2) is 0 Å². The van der Waals surface area contributed by atoms with Crippen molar-refractivity contribution in [1.29, 1.82) is 0 Å². The lowest BCUT2D eigenvalue weighted by Gasteiger charge is -2.04. The molecule has 1 heterocycles. The van der Waals surface area contributed by atoms with Crippen LogP contribution in [0.4, 0.5) is 0 Å². The number of carbonyl (C=O) groups is 1. The lowest BCUT2D eigenvalue weighted by molar-refractivity contribution is -0.120. The molecule has 0 aliphatic heterocycles. The number of aryl methyl sites for hydroxylation is 1. The maximum atomic E-state index is 11.9. The molecular formula is C15H19ClN2O. The summed E-state index contributed by atoms with van der Waals surface area (Å²) in [5.41, 5.74) is 3.09. The van der Waals surface area contributed by atoms with Crippen LogP contribution in [0, 0.1) is 6.92 Å². The molecular weight excluding hydrogens is 260 g/mol. The molecule has 102 valence electrons. The number of fused-ring (bicyclic) bond motifs is 1. The van der Waals surface area contributed by atoms with Crippen LogP contribution in [0.2, 0.25) is 5.02 Å². The largest absolute Gasteiger partial charge is 0.358 e. The van der Waals surface area contributed by atoms with E-state index in [1.807, 2.05) is 25.1 Å². The van der Waals surface area contributed by atoms with E-state index < -0.39 is 0 Å². The first-order chi connectivity index (χ1) is 9.11. The number of hydrogen-bond acceptors (Lipinski definition) is 1. The summed E-state index contributed by atoms with van der Waals surface area (Å²) in [5.74, 6) is 0.0671. The van der Waals surface area contributed by atoms with E-state index in [4.69, 9.17) is 11.6 Å². The molecule has 0 spiro atoms. The number of rotatable bonds is 5. The zero-order valence-electron chi connectivity index (χ0n) is 11.3. The van der Waals surface area contributed by atoms with Crippen molar-refractivity contribution in [2.45, 2.75) is 33.1 Å². The van der Waals surface area contributed by atoms with E-state index in [0.29, 0.717) is 11.4 Å². The number of carbonyl (C=O) groups excluding carboxylic acids is 1. The molecule has 0 aliphatic rings. The Morgan fingerprint density at radius 1 is 1.42 bits per heavy atom. The van der Waals surface area contributed by atoms with Crippen LogP contribution in [0.3, 0.4) is 0 Å². The second-order valence-corrected chi connectivity index (χ2v) is 5.24. The third kappa shape index (κ3) is 3.29. The first-order valence-electron chi connectivity index (χ1n) is 6.65. The van der Waals surface area contributed by atoms with Gasteiger partial charge in [-0.2, -0.15) is 0 Å². The van der Waals surface area contributed by atoms with Gasteiger partial charge >= 0.3 is 0 Å². The normalized spacial score (nSPS) is 10.9. The SMILES string of the molecule is CCCCNC(=O)Cc1c(C)[nH]c2ccc(Cl)cc12. The molecule has 0 aliphatic carbocycles. The molecule has 1 aromatic heterocycles. The predicted molar refractivity (Wildman–Crippen MR) is 79.7 cm³/mol. The molecule has 2 N–H and O–H groups in total. The van der Waals surface area contributed by atoms with Gasteiger partial charge in [0.2, 0.25) is 5.91 Å². The van der Waals surface area contributed by atoms with E-state index in [9.17, 15) is 4.79 Å². The Kier molecular flexibility index (Phi) is 4.48. The van der Waals surface area contributed by atoms with Gasteiger partial charge in [-0.15, -0.1) is 0 Å². The number of benzene rings is 1. The van der Waals surface area contributed by atoms with E-state index in [2.05, 4.69) is 17.2 Å². The summed E-state index contributed by atoms with van der Waals surface area (Å²) in [5, 5.41) is 4.67. The summed E-state index contributed by atoms with van der Waals surface area (Å²) in [6.45, 7) is 4.85. The number of hydrogen-bond donors (Lipinski definition) is 2. The Morgan fingerprint density at radius 2 is 2.21 bits per heavy atom. The van der Waals surface area contributed by atoms with Crippen molar-refractivity contribution < 1.29 is 4.79 Å². The quantitative estimate of drug-likeness (QED) is 0.807. The van der Waals surface area contributed by atoms with Gasteiger partial charge in [-0.05, 0) is 37.1 Å². The maximum Gasteiger partial charge on any atom is 0.224 e. The number of halogens is 1. The molecule has 2 aromatic rings. The first-order valence-corrected chi connectivity index (χ1v) is 7.03. The minimum atomic E-state index is 0.0671. The third-order valence-corrected chi connectivity index (χ3v) is 3.51. The summed E-state index contributed by atoms with van der Waals surface area (Å²) in [7, 11) is 0. The molecule has 0 saturated heterocycles. The van der Waals surface area contributed by atoms with Gasteiger partial charge in [-0.25, -0.2) is 0 Å². The van der Waals surface area contributed by atoms with E-state index in [1.165, 1.54) is 0 Å². The first kappa shape index (κ1) is 13.9. The lowest BCUT2D eigenvalue weighted by Crippen LogP contribution is -2.26. The predicted octanol–water partition coefficient (Wildman–Crippen LogP) is 3.59. The van der Waals surface area contributed by atoms with Gasteiger partial charge in [0.25, 0.3) is 0 Å². The molecule has 0 radical (unpaired) electrons. The van der Waals surface area contributed by atoms with E-state index in [0.717, 1.165) is 41.5 Å². The highest BCUT2D eigenvalue weighted by atomic mass is 35.5. The maximum absolute atomic E-state index is 11.9. The average molecular weight is 279 g/mol. The van der Waals surface area contributed by atoms with Gasteiger partial charge < -0.3 is 10.3 Å². The lowest BCUT2D eigenvalue weighted by atomic mass is 10.1. The van der Waals surface area contributed by atoms with Gasteiger partial charge in [0.1, 0.15) is 0 Å². The molecule has 19 heavy (non-hydrogen) atoms. The van der Waals surface area contributed by atoms with Crippen LogP contribution in [-0.2, 0) is 11.2 Å². The van der Waals surface area contributed by atoms with Gasteiger partial charge in [0.05, 0.1) is 6.42 Å². The van der Waals surface area contributed by atoms with Gasteiger partial charge in [0, 0.05) is 28.2 Å². The highest BCUT2D eigenvalue weighted by Gasteiger charge is 2.12. The van der Waals surface area contributed by atoms with Crippen LogP contribution < -0.4 is 5.32 Å². The summed E-state index contributed by atoms with van der Waals surface area (Å²) in [4.78, 5) is 15.2. The van der Waals surface area contributed by atoms with Crippen molar-refractivity contribution in [2.24, 2.45) is 0 Å². The fraction of sp³-hybridized carbons (Fsp3) is 0.400. The average Bonchev–Trinajstić information content (AvgIpc) is 2.66. The topological polar surface area (TPSA) is 44.9 Å². The molecule has 4 heteroatoms. The molecule has 0 unspecified atom stereocenters. The fourth-order valence-electron chi connectivity index (χ4n) is 2.21. The molecule has 0 bridgehead atoms. The number of amides is 1. The van der Waals surface area contributed by atoms with Gasteiger partial charge in [-0.1, -0.05) is 24.9 Å². The summed E-state index contributed by atoms with van der Waals surface area (Å²) in [6, 6.07) is 5.71. The molecule has 1 aromatic carbocycles. The summed E-state index contributed by atoms with van der Waals surface area (Å²) < 4.78 is 0. The van der Waals surface area contributed by atoms with Crippen molar-refractivity contribution in [2.75, 3.05) is 6.54 Å². The van der Waals surface area contributed by atoms with Crippen LogP contribution >= 0.6 is 11.6 Å². The number of nitrogens with one attached hydrogen (secondary N) is 2. The van der Waals surface area contributed by atoms with Crippen molar-refractivity contribution in [3.63, 3.8) is 0 Å². The second-order valence-electron chi connectivity index (χ2n) is 4.80. The minimum absolute atomic E-state index is 0.0671. The summed E-state index contributed by atoms with van der Waals surface area (Å²) in [6.07, 6.45) is 2.50. The molecule has 0 atom stereocenters. The molecule has 2 rings (SSSR count). The summed E-state index contributed by atoms with van der Waals surface area (Å²) >= 11 is 6.02. The van der Waals surface area contributed by atoms with Crippen molar-refractivity contribution in [1.82, 2.24) is 10.3 Å². The zero-order chi connectivity index (χ0) is 13.8. The van der Waals surface area contributed by atoms with Crippen LogP contribution in [-0.4, -0.2) is 17.4 Å². The van der Waals surface area contributed by atoms with Crippen LogP contribution in [0.5, 0.6) is 0 Å². The van der Waals surface area contributed by atoms with Gasteiger partial charge in [-0.3, -0.25) is 4.79 Å². The monoisotopic (exact) mass is 278 g/mol. The van der Waals surface area contributed by atoms with E-state index >= 15 is 0 Å². The second kappa shape index (κ2) is 6.11. The number of aromatic amines is 1. The Bertz CT molecular complexity index is 589. The molecule has 0 saturated carbocycles. The fourth-order valence-corrected chi connectivity index (χ4v) is 2.38. The Balaban J connectivity index is 2.17. The van der Waals surface area contributed by atoms with Crippen LogP contribution in [0.25, 0.3) is 10.9 Å². The van der Waals surface area contributed by atoms with Crippen LogP contribution in [0.1, 0.15) is 31.0 Å². The molecule has 3 nitrogen and oxygen atoms in total. The number of H-pyrrole nitrogens is 1. The Labute approximate surface area is 118 Å². The van der Waals surface area contributed by atoms with E-state index in [-0.39, 0.29) is 5.91 Å². The Hall–Kier alpha value is -1.48. The standard InChI is InChI=1S/C15H19ClN2O/c1-3-4-7-17-15(19)9-12-10(2)18-14-6-5-11(16)8-13(12)14/h5-6,8,18H,3-4,7,9H2,1-2H3,(H,17,19). The van der Waals surface area contributed by atoms with Crippen molar-refractivity contribution in [3.8, 4) is 0 Å². The number of aromatic nitrogens is 1. The van der Waals surface area contributed by atoms with Crippen molar-refractivity contribution in [3.05, 3.63) is 34.5 Å². The Morgan fingerprint density at radius 3 is 2.95 bits per heavy atom. The third-order valence-electron chi connectivity index (χ3n) is 3.27. The van der Waals surface area contributed by atoms with E-state index in [1.54, 1.807) is 0 Å². The highest BCUT2D eigenvalue weighted by molar-refractivity contribution is 6.31. The number of unbranched alkanes of at least 4 members (excludes halogenated alkanes) is 1. The molecule has 1 amide bonds.